The van der Waals surface area contributed by atoms with Crippen molar-refractivity contribution in [3.8, 4) is 0 Å². The van der Waals surface area contributed by atoms with Crippen LogP contribution in [0.15, 0.2) is 0 Å². The molecule has 0 rings (SSSR count). The Morgan fingerprint density at radius 1 is 0.400 bits per heavy atom. The third-order valence-corrected chi connectivity index (χ3v) is 0. The largest absolute Gasteiger partial charge is 0 e. The first-order valence-electron chi connectivity index (χ1n) is 0. The second-order valence-corrected chi connectivity index (χ2v) is 0. The van der Waals surface area contributed by atoms with Gasteiger partial charge in [-0.25, -0.2) is 0 Å². The predicted octanol–water partition coefficient (Wildman–Crippen LogP) is -1.15. The quantitative estimate of drug-likeness (QED) is 0.420. The van der Waals surface area contributed by atoms with Crippen molar-refractivity contribution >= 4 is 52.1 Å². The van der Waals surface area contributed by atoms with Gasteiger partial charge in [-0.15, -0.1) is 0 Å². The molecule has 0 spiro atoms. The zero-order valence-electron chi connectivity index (χ0n) is 2.73. The minimum atomic E-state index is 0. The molecule has 0 aliphatic carbocycles. The van der Waals surface area contributed by atoms with Gasteiger partial charge in [-0.2, -0.15) is 0 Å². The summed E-state index contributed by atoms with van der Waals surface area (Å²) in [4.78, 5) is 0. The van der Waals surface area contributed by atoms with Gasteiger partial charge in [0.05, 0.1) is 0 Å². The third kappa shape index (κ3) is 18.8. The van der Waals surface area contributed by atoms with Gasteiger partial charge in [0, 0.05) is 104 Å². The van der Waals surface area contributed by atoms with Gasteiger partial charge < -0.3 is 0 Å². The Morgan fingerprint density at radius 2 is 0.400 bits per heavy atom. The molecule has 0 saturated carbocycles. The van der Waals surface area contributed by atoms with E-state index in [1.807, 2.05) is 0 Å². The van der Waals surface area contributed by atoms with Gasteiger partial charge in [-0.3, -0.25) is 0 Å². The molecule has 0 aromatic heterocycles. The maximum Gasteiger partial charge on any atom is 0 e. The van der Waals surface area contributed by atoms with Crippen LogP contribution in [0, 0.1) is 0 Å². The van der Waals surface area contributed by atoms with Gasteiger partial charge in [-0.1, -0.05) is 0 Å². The van der Waals surface area contributed by atoms with Crippen LogP contribution in [0.1, 0.15) is 0 Å². The maximum absolute atomic E-state index is 0. The molecule has 0 aromatic carbocycles. The smallest absolute Gasteiger partial charge is 0 e. The first kappa shape index (κ1) is 40.3. The van der Waals surface area contributed by atoms with Gasteiger partial charge in [0.2, 0.25) is 0 Å². The SMILES string of the molecule is [Al].[Al].[Al].[Hf].[Hf]. The summed E-state index contributed by atoms with van der Waals surface area (Å²) in [6, 6.07) is 0. The van der Waals surface area contributed by atoms with Gasteiger partial charge in [-0.05, 0) is 0 Å². The molecule has 0 atom stereocenters. The number of hydrogen-bond acceptors (Lipinski definition) is 0. The molecule has 0 bridgehead atoms. The van der Waals surface area contributed by atoms with Gasteiger partial charge in [0.1, 0.15) is 0 Å². The predicted molar refractivity (Wildman–Crippen MR) is 17.3 cm³/mol. The van der Waals surface area contributed by atoms with E-state index in [0.29, 0.717) is 0 Å². The van der Waals surface area contributed by atoms with E-state index in [2.05, 4.69) is 0 Å². The Bertz CT molecular complexity index is 4.85. The van der Waals surface area contributed by atoms with Crippen molar-refractivity contribution < 1.29 is 51.7 Å². The van der Waals surface area contributed by atoms with Crippen LogP contribution in [0.2, 0.25) is 0 Å². The number of hydrogen-bond donors (Lipinski definition) is 0. The van der Waals surface area contributed by atoms with Crippen LogP contribution in [0.5, 0.6) is 0 Å². The molecule has 0 aliphatic rings. The zero-order chi connectivity index (χ0) is 0. The Kier molecular flexibility index (Phi) is 213. The fraction of sp³-hybridized carbons (Fsp3) is 0. The molecule has 0 N–H and O–H groups in total. The van der Waals surface area contributed by atoms with Gasteiger partial charge >= 0.3 is 0 Å². The van der Waals surface area contributed by atoms with Crippen molar-refractivity contribution in [1.82, 2.24) is 0 Å². The Hall–Kier alpha value is 3.34. The standard InChI is InChI=1S/3Al.2Hf. The zero-order valence-corrected chi connectivity index (χ0v) is 13.4. The maximum atomic E-state index is 0. The van der Waals surface area contributed by atoms with E-state index in [-0.39, 0.29) is 104 Å². The Morgan fingerprint density at radius 3 is 0.400 bits per heavy atom. The van der Waals surface area contributed by atoms with Crippen molar-refractivity contribution in [2.24, 2.45) is 0 Å². The fourth-order valence-corrected chi connectivity index (χ4v) is 0. The molecule has 5 heteroatoms. The van der Waals surface area contributed by atoms with Crippen molar-refractivity contribution in [1.29, 1.82) is 0 Å². The van der Waals surface area contributed by atoms with Crippen molar-refractivity contribution in [3.05, 3.63) is 0 Å². The normalized spacial score (nSPS) is 0. The summed E-state index contributed by atoms with van der Waals surface area (Å²) in [6.45, 7) is 0. The molecule has 0 aliphatic heterocycles. The molecule has 5 heavy (non-hydrogen) atoms. The van der Waals surface area contributed by atoms with E-state index in [4.69, 9.17) is 0 Å². The Labute approximate surface area is 102 Å². The summed E-state index contributed by atoms with van der Waals surface area (Å²) in [5.74, 6) is 0. The summed E-state index contributed by atoms with van der Waals surface area (Å²) in [5.41, 5.74) is 0. The van der Waals surface area contributed by atoms with E-state index in [9.17, 15) is 0 Å². The van der Waals surface area contributed by atoms with Gasteiger partial charge in [0.25, 0.3) is 0 Å². The molecular formula is Al3Hf2. The van der Waals surface area contributed by atoms with Crippen LogP contribution in [-0.2, 0) is 51.7 Å². The Balaban J connectivity index is 0. The molecule has 0 amide bonds. The van der Waals surface area contributed by atoms with Crippen LogP contribution in [0.25, 0.3) is 0 Å². The molecule has 9 radical (unpaired) electrons. The van der Waals surface area contributed by atoms with Crippen molar-refractivity contribution in [2.75, 3.05) is 0 Å². The van der Waals surface area contributed by atoms with Crippen LogP contribution in [0.3, 0.4) is 0 Å². The molecule has 0 saturated heterocycles. The summed E-state index contributed by atoms with van der Waals surface area (Å²) in [6.07, 6.45) is 0. The average molecular weight is 438 g/mol. The monoisotopic (exact) mass is 441 g/mol. The van der Waals surface area contributed by atoms with E-state index in [1.54, 1.807) is 0 Å². The summed E-state index contributed by atoms with van der Waals surface area (Å²) >= 11 is 0. The van der Waals surface area contributed by atoms with E-state index in [0.717, 1.165) is 0 Å². The van der Waals surface area contributed by atoms with Gasteiger partial charge in [0.15, 0.2) is 0 Å². The van der Waals surface area contributed by atoms with Crippen molar-refractivity contribution in [3.63, 3.8) is 0 Å². The minimum Gasteiger partial charge on any atom is 0 e. The molecule has 0 aromatic rings. The second-order valence-electron chi connectivity index (χ2n) is 0. The van der Waals surface area contributed by atoms with E-state index in [1.165, 1.54) is 0 Å². The van der Waals surface area contributed by atoms with E-state index < -0.39 is 0 Å². The fourth-order valence-electron chi connectivity index (χ4n) is 0. The first-order chi connectivity index (χ1) is 0. The average Bonchev–Trinajstić information content (AvgIpc) is 0. The van der Waals surface area contributed by atoms with Crippen LogP contribution in [-0.4, -0.2) is 52.1 Å². The molecular weight excluding hydrogens is 438 g/mol. The molecule has 17 valence electrons. The second kappa shape index (κ2) is 26.5. The summed E-state index contributed by atoms with van der Waals surface area (Å²) < 4.78 is 0. The molecule has 0 unspecified atom stereocenters. The van der Waals surface area contributed by atoms with Crippen LogP contribution in [0.4, 0.5) is 0 Å². The number of rotatable bonds is 0. The molecule has 0 nitrogen and oxygen atoms in total. The summed E-state index contributed by atoms with van der Waals surface area (Å²) in [7, 11) is 0. The summed E-state index contributed by atoms with van der Waals surface area (Å²) in [5, 5.41) is 0. The van der Waals surface area contributed by atoms with Crippen LogP contribution < -0.4 is 0 Å². The third-order valence-electron chi connectivity index (χ3n) is 0. The van der Waals surface area contributed by atoms with Crippen LogP contribution >= 0.6 is 0 Å². The molecule has 0 heterocycles. The minimum absolute atomic E-state index is 0. The first-order valence-corrected chi connectivity index (χ1v) is 0. The topological polar surface area (TPSA) is 0 Å². The molecule has 0 fully saturated rings. The van der Waals surface area contributed by atoms with E-state index >= 15 is 0 Å². The van der Waals surface area contributed by atoms with Crippen molar-refractivity contribution in [2.45, 2.75) is 0 Å².